The lowest BCUT2D eigenvalue weighted by Gasteiger charge is -2.39. The fourth-order valence-corrected chi connectivity index (χ4v) is 3.12. The second kappa shape index (κ2) is 7.38. The Hall–Kier alpha value is -0.650. The van der Waals surface area contributed by atoms with E-state index in [4.69, 9.17) is 4.74 Å². The summed E-state index contributed by atoms with van der Waals surface area (Å²) in [6, 6.07) is 0.405. The number of carbonyl (C=O) groups is 1. The van der Waals surface area contributed by atoms with Crippen LogP contribution < -0.4 is 5.32 Å². The molecular formula is C15H30N2O3. The molecule has 0 spiro atoms. The van der Waals surface area contributed by atoms with E-state index in [0.29, 0.717) is 12.5 Å². The van der Waals surface area contributed by atoms with E-state index in [-0.39, 0.29) is 12.1 Å². The number of nitrogens with zero attached hydrogens (tertiary/aromatic N) is 1. The number of ether oxygens (including phenoxy) is 1. The molecule has 0 saturated carbocycles. The van der Waals surface area contributed by atoms with Gasteiger partial charge in [0, 0.05) is 32.3 Å². The first kappa shape index (κ1) is 17.4. The number of carboxylic acid groups (broad SMARTS) is 1. The highest BCUT2D eigenvalue weighted by Gasteiger charge is 2.37. The molecule has 0 aromatic rings. The molecule has 1 aliphatic heterocycles. The van der Waals surface area contributed by atoms with E-state index < -0.39 is 11.5 Å². The summed E-state index contributed by atoms with van der Waals surface area (Å²) in [5, 5.41) is 12.7. The highest BCUT2D eigenvalue weighted by Crippen LogP contribution is 2.22. The highest BCUT2D eigenvalue weighted by molar-refractivity contribution is 5.78. The zero-order valence-corrected chi connectivity index (χ0v) is 13.5. The Morgan fingerprint density at radius 3 is 2.35 bits per heavy atom. The van der Waals surface area contributed by atoms with Crippen molar-refractivity contribution in [3.63, 3.8) is 0 Å². The normalized spacial score (nSPS) is 22.7. The first-order valence-electron chi connectivity index (χ1n) is 7.56. The Labute approximate surface area is 122 Å². The van der Waals surface area contributed by atoms with Crippen LogP contribution in [0.3, 0.4) is 0 Å². The third kappa shape index (κ3) is 4.72. The summed E-state index contributed by atoms with van der Waals surface area (Å²) in [4.78, 5) is 13.9. The van der Waals surface area contributed by atoms with Crippen molar-refractivity contribution < 1.29 is 14.6 Å². The number of nitrogens with one attached hydrogen (secondary N) is 1. The van der Waals surface area contributed by atoms with Gasteiger partial charge in [0.2, 0.25) is 0 Å². The summed E-state index contributed by atoms with van der Waals surface area (Å²) in [5.74, 6) is -0.773. The number of likely N-dealkylation sites (tertiary alicyclic amines) is 1. The van der Waals surface area contributed by atoms with Gasteiger partial charge < -0.3 is 14.7 Å². The molecule has 0 amide bonds. The minimum absolute atomic E-state index is 0.155. The smallest absolute Gasteiger partial charge is 0.323 e. The maximum absolute atomic E-state index is 11.6. The summed E-state index contributed by atoms with van der Waals surface area (Å²) in [6.07, 6.45) is 3.03. The van der Waals surface area contributed by atoms with Gasteiger partial charge in [0.15, 0.2) is 0 Å². The summed E-state index contributed by atoms with van der Waals surface area (Å²) >= 11 is 0. The fraction of sp³-hybridized carbons (Fsp3) is 0.933. The summed E-state index contributed by atoms with van der Waals surface area (Å²) in [7, 11) is 1.76. The molecule has 5 heteroatoms. The Morgan fingerprint density at radius 1 is 1.40 bits per heavy atom. The zero-order chi connectivity index (χ0) is 15.3. The van der Waals surface area contributed by atoms with Crippen LogP contribution in [0.2, 0.25) is 0 Å². The molecule has 1 rings (SSSR count). The standard InChI is InChI=1S/C15H30N2O3/c1-11(2)16-15(4,14(18)19)10-12(3)17-8-6-13(20-5)7-9-17/h11-13,16H,6-10H2,1-5H3,(H,18,19). The first-order chi connectivity index (χ1) is 9.28. The van der Waals surface area contributed by atoms with Crippen LogP contribution in [0.15, 0.2) is 0 Å². The van der Waals surface area contributed by atoms with Crippen LogP contribution in [0.1, 0.15) is 47.0 Å². The summed E-state index contributed by atoms with van der Waals surface area (Å²) in [5.41, 5.74) is -0.869. The summed E-state index contributed by atoms with van der Waals surface area (Å²) in [6.45, 7) is 9.84. The third-order valence-corrected chi connectivity index (χ3v) is 4.22. The minimum atomic E-state index is -0.869. The van der Waals surface area contributed by atoms with Crippen molar-refractivity contribution in [2.45, 2.75) is 70.7 Å². The number of hydrogen-bond donors (Lipinski definition) is 2. The van der Waals surface area contributed by atoms with E-state index in [2.05, 4.69) is 17.1 Å². The van der Waals surface area contributed by atoms with Gasteiger partial charge >= 0.3 is 5.97 Å². The lowest BCUT2D eigenvalue weighted by atomic mass is 9.91. The lowest BCUT2D eigenvalue weighted by molar-refractivity contribution is -0.145. The van der Waals surface area contributed by atoms with E-state index >= 15 is 0 Å². The minimum Gasteiger partial charge on any atom is -0.480 e. The fourth-order valence-electron chi connectivity index (χ4n) is 3.12. The van der Waals surface area contributed by atoms with Gasteiger partial charge in [0.25, 0.3) is 0 Å². The molecule has 5 nitrogen and oxygen atoms in total. The van der Waals surface area contributed by atoms with E-state index in [9.17, 15) is 9.90 Å². The Bertz CT molecular complexity index is 314. The number of piperidine rings is 1. The number of rotatable bonds is 7. The van der Waals surface area contributed by atoms with Gasteiger partial charge in [-0.25, -0.2) is 0 Å². The molecule has 20 heavy (non-hydrogen) atoms. The topological polar surface area (TPSA) is 61.8 Å². The van der Waals surface area contributed by atoms with Crippen LogP contribution in [0.4, 0.5) is 0 Å². The molecule has 0 aromatic carbocycles. The van der Waals surface area contributed by atoms with Crippen LogP contribution in [0.25, 0.3) is 0 Å². The summed E-state index contributed by atoms with van der Waals surface area (Å²) < 4.78 is 5.38. The van der Waals surface area contributed by atoms with Gasteiger partial charge in [-0.2, -0.15) is 0 Å². The molecule has 1 saturated heterocycles. The van der Waals surface area contributed by atoms with E-state index in [1.165, 1.54) is 0 Å². The molecule has 2 unspecified atom stereocenters. The van der Waals surface area contributed by atoms with E-state index in [1.807, 2.05) is 13.8 Å². The molecule has 1 aliphatic rings. The highest BCUT2D eigenvalue weighted by atomic mass is 16.5. The SMILES string of the molecule is COC1CCN(C(C)CC(C)(NC(C)C)C(=O)O)CC1. The van der Waals surface area contributed by atoms with Crippen LogP contribution >= 0.6 is 0 Å². The van der Waals surface area contributed by atoms with Gasteiger partial charge in [-0.05, 0) is 47.0 Å². The van der Waals surface area contributed by atoms with Gasteiger partial charge in [0.1, 0.15) is 5.54 Å². The zero-order valence-electron chi connectivity index (χ0n) is 13.5. The third-order valence-electron chi connectivity index (χ3n) is 4.22. The maximum Gasteiger partial charge on any atom is 0.323 e. The second-order valence-corrected chi connectivity index (χ2v) is 6.46. The Morgan fingerprint density at radius 2 is 1.95 bits per heavy atom. The second-order valence-electron chi connectivity index (χ2n) is 6.46. The largest absolute Gasteiger partial charge is 0.480 e. The molecule has 0 radical (unpaired) electrons. The Balaban J connectivity index is 2.58. The predicted octanol–water partition coefficient (Wildman–Crippen LogP) is 1.72. The molecule has 0 aromatic heterocycles. The Kier molecular flexibility index (Phi) is 6.43. The number of hydrogen-bond acceptors (Lipinski definition) is 4. The molecule has 0 bridgehead atoms. The first-order valence-corrected chi connectivity index (χ1v) is 7.56. The van der Waals surface area contributed by atoms with Crippen LogP contribution in [0, 0.1) is 0 Å². The van der Waals surface area contributed by atoms with Gasteiger partial charge in [-0.1, -0.05) is 0 Å². The van der Waals surface area contributed by atoms with Crippen molar-refractivity contribution in [3.8, 4) is 0 Å². The van der Waals surface area contributed by atoms with Crippen molar-refractivity contribution in [3.05, 3.63) is 0 Å². The average molecular weight is 286 g/mol. The average Bonchev–Trinajstić information content (AvgIpc) is 2.37. The predicted molar refractivity (Wildman–Crippen MR) is 80.0 cm³/mol. The van der Waals surface area contributed by atoms with Crippen molar-refractivity contribution >= 4 is 5.97 Å². The molecule has 1 heterocycles. The van der Waals surface area contributed by atoms with Crippen molar-refractivity contribution in [2.75, 3.05) is 20.2 Å². The molecular weight excluding hydrogens is 256 g/mol. The van der Waals surface area contributed by atoms with Crippen LogP contribution in [-0.4, -0.2) is 59.9 Å². The van der Waals surface area contributed by atoms with Gasteiger partial charge in [-0.15, -0.1) is 0 Å². The van der Waals surface area contributed by atoms with Crippen LogP contribution in [-0.2, 0) is 9.53 Å². The molecule has 118 valence electrons. The lowest BCUT2D eigenvalue weighted by Crippen LogP contribution is -2.56. The molecule has 2 N–H and O–H groups in total. The van der Waals surface area contributed by atoms with Crippen molar-refractivity contribution in [2.24, 2.45) is 0 Å². The van der Waals surface area contributed by atoms with Gasteiger partial charge in [-0.3, -0.25) is 10.1 Å². The maximum atomic E-state index is 11.6. The molecule has 1 fully saturated rings. The van der Waals surface area contributed by atoms with E-state index in [1.54, 1.807) is 14.0 Å². The number of carboxylic acids is 1. The van der Waals surface area contributed by atoms with Crippen molar-refractivity contribution in [1.29, 1.82) is 0 Å². The van der Waals surface area contributed by atoms with E-state index in [0.717, 1.165) is 25.9 Å². The van der Waals surface area contributed by atoms with Gasteiger partial charge in [0.05, 0.1) is 6.10 Å². The number of aliphatic carboxylic acids is 1. The quantitative estimate of drug-likeness (QED) is 0.746. The van der Waals surface area contributed by atoms with Crippen molar-refractivity contribution in [1.82, 2.24) is 10.2 Å². The number of methoxy groups -OCH3 is 1. The van der Waals surface area contributed by atoms with Crippen LogP contribution in [0.5, 0.6) is 0 Å². The molecule has 2 atom stereocenters. The monoisotopic (exact) mass is 286 g/mol. The molecule has 0 aliphatic carbocycles.